The maximum Gasteiger partial charge on any atom is 0.137 e. The number of hydrogen-bond acceptors (Lipinski definition) is 3. The van der Waals surface area contributed by atoms with Crippen LogP contribution in [0.5, 0.6) is 11.5 Å². The van der Waals surface area contributed by atoms with Crippen molar-refractivity contribution in [1.29, 1.82) is 0 Å². The lowest BCUT2D eigenvalue weighted by Crippen LogP contribution is -2.19. The van der Waals surface area contributed by atoms with Crippen LogP contribution in [0.15, 0.2) is 140 Å². The molecule has 0 unspecified atom stereocenters. The lowest BCUT2D eigenvalue weighted by molar-refractivity contribution is 0.480. The van der Waals surface area contributed by atoms with E-state index in [1.54, 1.807) is 0 Å². The molecule has 3 heterocycles. The Bertz CT molecular complexity index is 2670. The van der Waals surface area contributed by atoms with Crippen LogP contribution in [0, 0.1) is 13.8 Å². The fraction of sp³-hybridized carbons (Fsp3) is 0.240. The summed E-state index contributed by atoms with van der Waals surface area (Å²) in [7, 11) is 0. The maximum atomic E-state index is 6.89. The molecule has 3 aromatic heterocycles. The molecule has 0 bridgehead atoms. The molecule has 0 N–H and O–H groups in total. The summed E-state index contributed by atoms with van der Waals surface area (Å²) in [5, 5.41) is 7.19. The fourth-order valence-electron chi connectivity index (χ4n) is 7.90. The van der Waals surface area contributed by atoms with Gasteiger partial charge in [0.15, 0.2) is 0 Å². The third-order valence-corrected chi connectivity index (χ3v) is 11.4. The van der Waals surface area contributed by atoms with E-state index in [4.69, 9.17) is 14.8 Å². The normalized spacial score (nSPS) is 12.5. The summed E-state index contributed by atoms with van der Waals surface area (Å²) in [6, 6.07) is 47.7. The lowest BCUT2D eigenvalue weighted by atomic mass is 9.78. The molecule has 0 amide bonds. The van der Waals surface area contributed by atoms with Gasteiger partial charge in [-0.15, -0.1) is 0 Å². The van der Waals surface area contributed by atoms with E-state index in [0.29, 0.717) is 0 Å². The topological polar surface area (TPSA) is 44.9 Å². The largest absolute Gasteiger partial charge is 0.457 e. The van der Waals surface area contributed by atoms with Gasteiger partial charge in [0, 0.05) is 45.6 Å². The fourth-order valence-corrected chi connectivity index (χ4v) is 7.90. The number of benzene rings is 5. The molecule has 8 rings (SSSR count). The number of rotatable bonds is 8. The average Bonchev–Trinajstić information content (AvgIpc) is 3.69. The summed E-state index contributed by atoms with van der Waals surface area (Å²) < 4.78 is 11.2. The first-order valence-corrected chi connectivity index (χ1v) is 19.2. The molecular formula is C50H50N4O. The van der Waals surface area contributed by atoms with Crippen LogP contribution in [0.3, 0.4) is 0 Å². The highest BCUT2D eigenvalue weighted by Gasteiger charge is 2.27. The number of pyridine rings is 1. The molecule has 0 radical (unpaired) electrons. The molecule has 5 aromatic carbocycles. The van der Waals surface area contributed by atoms with E-state index in [2.05, 4.69) is 193 Å². The molecular weight excluding hydrogens is 673 g/mol. The van der Waals surface area contributed by atoms with Crippen LogP contribution in [0.25, 0.3) is 33.3 Å². The summed E-state index contributed by atoms with van der Waals surface area (Å²) in [6.07, 6.45) is 1.93. The van der Waals surface area contributed by atoms with Gasteiger partial charge in [-0.3, -0.25) is 4.57 Å². The Kier molecular flexibility index (Phi) is 8.80. The predicted octanol–water partition coefficient (Wildman–Crippen LogP) is 12.7. The van der Waals surface area contributed by atoms with Crippen molar-refractivity contribution in [1.82, 2.24) is 19.3 Å². The molecule has 55 heavy (non-hydrogen) atoms. The number of ether oxygens (including phenoxy) is 1. The number of fused-ring (bicyclic) bond motifs is 3. The molecule has 276 valence electrons. The van der Waals surface area contributed by atoms with Gasteiger partial charge in [-0.25, -0.2) is 9.67 Å². The van der Waals surface area contributed by atoms with Crippen molar-refractivity contribution in [3.05, 3.63) is 179 Å². The highest BCUT2D eigenvalue weighted by molar-refractivity contribution is 6.09. The van der Waals surface area contributed by atoms with Crippen molar-refractivity contribution < 1.29 is 4.74 Å². The van der Waals surface area contributed by atoms with Gasteiger partial charge in [0.25, 0.3) is 0 Å². The second kappa shape index (κ2) is 13.4. The van der Waals surface area contributed by atoms with E-state index in [1.165, 1.54) is 27.6 Å². The van der Waals surface area contributed by atoms with E-state index in [1.807, 2.05) is 17.8 Å². The van der Waals surface area contributed by atoms with E-state index in [9.17, 15) is 0 Å². The van der Waals surface area contributed by atoms with Gasteiger partial charge in [0.1, 0.15) is 17.3 Å². The van der Waals surface area contributed by atoms with Gasteiger partial charge >= 0.3 is 0 Å². The minimum atomic E-state index is -0.281. The maximum absolute atomic E-state index is 6.89. The van der Waals surface area contributed by atoms with Crippen LogP contribution in [0.1, 0.15) is 87.7 Å². The first-order chi connectivity index (χ1) is 26.2. The van der Waals surface area contributed by atoms with Crippen molar-refractivity contribution in [2.45, 2.75) is 78.6 Å². The minimum absolute atomic E-state index is 0.0285. The van der Waals surface area contributed by atoms with Crippen LogP contribution < -0.4 is 4.74 Å². The van der Waals surface area contributed by atoms with Crippen LogP contribution in [0.2, 0.25) is 0 Å². The van der Waals surface area contributed by atoms with Crippen LogP contribution >= 0.6 is 0 Å². The average molecular weight is 723 g/mol. The molecule has 5 nitrogen and oxygen atoms in total. The number of nitrogens with zero attached hydrogens (tertiary/aromatic N) is 4. The molecule has 5 heteroatoms. The second-order valence-corrected chi connectivity index (χ2v) is 17.0. The molecule has 0 spiro atoms. The van der Waals surface area contributed by atoms with E-state index >= 15 is 0 Å². The molecule has 0 fully saturated rings. The van der Waals surface area contributed by atoms with Gasteiger partial charge in [0.05, 0.1) is 22.4 Å². The molecule has 0 aliphatic carbocycles. The number of hydrogen-bond donors (Lipinski definition) is 0. The Balaban J connectivity index is 1.30. The lowest BCUT2D eigenvalue weighted by Gasteiger charge is -2.27. The first kappa shape index (κ1) is 36.1. The van der Waals surface area contributed by atoms with Crippen LogP contribution in [-0.4, -0.2) is 19.3 Å². The second-order valence-electron chi connectivity index (χ2n) is 17.0. The standard InChI is InChI=1S/C50H50N4O/c1-33-26-34(2)54(52-33)40-27-39(50(8,9)36-18-14-11-15-19-36)28-42(31-40)55-41-21-22-43-44-29-38(49(6,7)35-16-12-10-13-17-35)20-23-45(44)53(46(43)32-41)47-30-37(24-25-51-47)48(3,4)5/h10-32H,1-9H3. The molecule has 0 atom stereocenters. The molecule has 0 saturated carbocycles. The Hall–Kier alpha value is -5.94. The highest BCUT2D eigenvalue weighted by atomic mass is 16.5. The third-order valence-electron chi connectivity index (χ3n) is 11.4. The zero-order valence-corrected chi connectivity index (χ0v) is 33.5. The zero-order valence-electron chi connectivity index (χ0n) is 33.5. The zero-order chi connectivity index (χ0) is 38.7. The predicted molar refractivity (Wildman–Crippen MR) is 228 cm³/mol. The molecule has 0 aliphatic heterocycles. The SMILES string of the molecule is Cc1cc(C)n(-c2cc(Oc3ccc4c5cc(C(C)(C)c6ccccc6)ccc5n(-c5cc(C(C)(C)C)ccn5)c4c3)cc(C(C)(C)c3ccccc3)c2)n1. The summed E-state index contributed by atoms with van der Waals surface area (Å²) in [4.78, 5) is 4.96. The minimum Gasteiger partial charge on any atom is -0.457 e. The van der Waals surface area contributed by atoms with Crippen molar-refractivity contribution in [3.8, 4) is 23.0 Å². The van der Waals surface area contributed by atoms with Crippen molar-refractivity contribution in [2.75, 3.05) is 0 Å². The van der Waals surface area contributed by atoms with Crippen LogP contribution in [0.4, 0.5) is 0 Å². The summed E-state index contributed by atoms with van der Waals surface area (Å²) in [6.45, 7) is 20.0. The highest BCUT2D eigenvalue weighted by Crippen LogP contribution is 2.41. The monoisotopic (exact) mass is 722 g/mol. The Morgan fingerprint density at radius 2 is 1.18 bits per heavy atom. The van der Waals surface area contributed by atoms with Crippen LogP contribution in [-0.2, 0) is 16.2 Å². The van der Waals surface area contributed by atoms with E-state index < -0.39 is 0 Å². The molecule has 8 aromatic rings. The molecule has 0 aliphatic rings. The van der Waals surface area contributed by atoms with E-state index in [-0.39, 0.29) is 16.2 Å². The van der Waals surface area contributed by atoms with Gasteiger partial charge in [-0.05, 0) is 102 Å². The number of aromatic nitrogens is 4. The van der Waals surface area contributed by atoms with Crippen molar-refractivity contribution in [3.63, 3.8) is 0 Å². The summed E-state index contributed by atoms with van der Waals surface area (Å²) in [5.41, 5.74) is 10.8. The van der Waals surface area contributed by atoms with Crippen molar-refractivity contribution >= 4 is 21.8 Å². The third kappa shape index (κ3) is 6.62. The first-order valence-electron chi connectivity index (χ1n) is 19.2. The van der Waals surface area contributed by atoms with Gasteiger partial charge < -0.3 is 4.74 Å². The van der Waals surface area contributed by atoms with Gasteiger partial charge in [-0.1, -0.05) is 115 Å². The quantitative estimate of drug-likeness (QED) is 0.157. The molecule has 0 saturated heterocycles. The van der Waals surface area contributed by atoms with Gasteiger partial charge in [0.2, 0.25) is 0 Å². The van der Waals surface area contributed by atoms with Crippen molar-refractivity contribution in [2.24, 2.45) is 0 Å². The van der Waals surface area contributed by atoms with Gasteiger partial charge in [-0.2, -0.15) is 5.10 Å². The number of aryl methyl sites for hydroxylation is 2. The Morgan fingerprint density at radius 3 is 1.82 bits per heavy atom. The smallest absolute Gasteiger partial charge is 0.137 e. The van der Waals surface area contributed by atoms with E-state index in [0.717, 1.165) is 56.4 Å². The summed E-state index contributed by atoms with van der Waals surface area (Å²) >= 11 is 0. The summed E-state index contributed by atoms with van der Waals surface area (Å²) in [5.74, 6) is 2.39. The Morgan fingerprint density at radius 1 is 0.509 bits per heavy atom. The Labute approximate surface area is 325 Å².